The standard InChI is InChI=1S/2C12H16N2.C4H4O4/c2*1-2-13-8-7-10-9-14-12-6-4-3-5-11(10)12;5-3(6)1-2-4(7)8/h2*3-6,9,13-14H,2,7-8H2,1H3;1-2H,(H,5,6)(H,7,8)/b;;2-1+. The lowest BCUT2D eigenvalue weighted by Gasteiger charge is -1.99. The maximum Gasteiger partial charge on any atom is 0.328 e. The van der Waals surface area contributed by atoms with Crippen molar-refractivity contribution < 1.29 is 19.8 Å². The molecule has 4 aromatic rings. The highest BCUT2D eigenvalue weighted by Gasteiger charge is 2.02. The summed E-state index contributed by atoms with van der Waals surface area (Å²) in [6.45, 7) is 8.46. The molecule has 2 aromatic carbocycles. The van der Waals surface area contributed by atoms with Crippen LogP contribution in [-0.4, -0.2) is 58.3 Å². The van der Waals surface area contributed by atoms with E-state index >= 15 is 0 Å². The summed E-state index contributed by atoms with van der Waals surface area (Å²) < 4.78 is 0. The normalized spacial score (nSPS) is 10.6. The summed E-state index contributed by atoms with van der Waals surface area (Å²) in [5, 5.41) is 25.0. The van der Waals surface area contributed by atoms with E-state index in [-0.39, 0.29) is 0 Å². The summed E-state index contributed by atoms with van der Waals surface area (Å²) in [4.78, 5) is 25.7. The number of likely N-dealkylation sites (N-methyl/N-ethyl adjacent to an activating group) is 2. The van der Waals surface area contributed by atoms with Crippen LogP contribution in [0.5, 0.6) is 0 Å². The van der Waals surface area contributed by atoms with Crippen molar-refractivity contribution in [2.75, 3.05) is 26.2 Å². The first kappa shape index (κ1) is 28.4. The Hall–Kier alpha value is -3.88. The Kier molecular flexibility index (Phi) is 12.5. The van der Waals surface area contributed by atoms with Crippen LogP contribution in [0.25, 0.3) is 21.8 Å². The van der Waals surface area contributed by atoms with E-state index in [1.165, 1.54) is 32.9 Å². The fourth-order valence-electron chi connectivity index (χ4n) is 3.62. The van der Waals surface area contributed by atoms with Gasteiger partial charge < -0.3 is 30.8 Å². The lowest BCUT2D eigenvalue weighted by Crippen LogP contribution is -2.15. The maximum atomic E-state index is 9.55. The number of carbonyl (C=O) groups is 2. The molecular formula is C28H36N4O4. The second-order valence-corrected chi connectivity index (χ2v) is 7.94. The van der Waals surface area contributed by atoms with Gasteiger partial charge in [-0.05, 0) is 62.3 Å². The first-order chi connectivity index (χ1) is 17.5. The molecule has 0 saturated carbocycles. The zero-order valence-corrected chi connectivity index (χ0v) is 20.9. The molecule has 0 saturated heterocycles. The number of rotatable bonds is 10. The van der Waals surface area contributed by atoms with Gasteiger partial charge in [0.05, 0.1) is 0 Å². The van der Waals surface area contributed by atoms with Crippen LogP contribution in [0.3, 0.4) is 0 Å². The highest BCUT2D eigenvalue weighted by Crippen LogP contribution is 2.18. The van der Waals surface area contributed by atoms with E-state index in [4.69, 9.17) is 10.2 Å². The quantitative estimate of drug-likeness (QED) is 0.144. The van der Waals surface area contributed by atoms with E-state index in [1.54, 1.807) is 0 Å². The lowest BCUT2D eigenvalue weighted by molar-refractivity contribution is -0.134. The van der Waals surface area contributed by atoms with Gasteiger partial charge in [-0.1, -0.05) is 50.2 Å². The SMILES string of the molecule is CCNCCc1c[nH]c2ccccc12.CCNCCc1c[nH]c2ccccc12.O=C(O)/C=C/C(=O)O. The molecule has 8 nitrogen and oxygen atoms in total. The van der Waals surface area contributed by atoms with Crippen LogP contribution in [0, 0.1) is 0 Å². The van der Waals surface area contributed by atoms with E-state index < -0.39 is 11.9 Å². The van der Waals surface area contributed by atoms with Gasteiger partial charge in [-0.3, -0.25) is 0 Å². The first-order valence-electron chi connectivity index (χ1n) is 12.1. The van der Waals surface area contributed by atoms with Crippen molar-refractivity contribution in [3.8, 4) is 0 Å². The van der Waals surface area contributed by atoms with E-state index in [1.807, 2.05) is 0 Å². The molecule has 0 amide bonds. The van der Waals surface area contributed by atoms with Crippen LogP contribution < -0.4 is 10.6 Å². The van der Waals surface area contributed by atoms with Gasteiger partial charge in [0, 0.05) is 46.4 Å². The van der Waals surface area contributed by atoms with Crippen LogP contribution in [-0.2, 0) is 22.4 Å². The van der Waals surface area contributed by atoms with Crippen molar-refractivity contribution in [3.63, 3.8) is 0 Å². The molecule has 0 atom stereocenters. The highest BCUT2D eigenvalue weighted by atomic mass is 16.4. The number of aromatic nitrogens is 2. The minimum atomic E-state index is -1.26. The second-order valence-electron chi connectivity index (χ2n) is 7.94. The Morgan fingerprint density at radius 2 is 1.11 bits per heavy atom. The summed E-state index contributed by atoms with van der Waals surface area (Å²) in [7, 11) is 0. The Morgan fingerprint density at radius 1 is 0.722 bits per heavy atom. The maximum absolute atomic E-state index is 9.55. The van der Waals surface area contributed by atoms with Crippen LogP contribution in [0.2, 0.25) is 0 Å². The van der Waals surface area contributed by atoms with Gasteiger partial charge in [-0.15, -0.1) is 0 Å². The number of H-pyrrole nitrogens is 2. The Labute approximate surface area is 211 Å². The molecule has 0 spiro atoms. The first-order valence-corrected chi connectivity index (χ1v) is 12.1. The third-order valence-corrected chi connectivity index (χ3v) is 5.36. The van der Waals surface area contributed by atoms with Crippen LogP contribution in [0.1, 0.15) is 25.0 Å². The summed E-state index contributed by atoms with van der Waals surface area (Å²) >= 11 is 0. The second kappa shape index (κ2) is 15.9. The molecule has 0 fully saturated rings. The third-order valence-electron chi connectivity index (χ3n) is 5.36. The number of hydrogen-bond acceptors (Lipinski definition) is 4. The van der Waals surface area contributed by atoms with Gasteiger partial charge in [0.2, 0.25) is 0 Å². The number of benzene rings is 2. The molecule has 8 heteroatoms. The van der Waals surface area contributed by atoms with Crippen molar-refractivity contribution >= 4 is 33.7 Å². The Morgan fingerprint density at radius 3 is 1.47 bits per heavy atom. The fourth-order valence-corrected chi connectivity index (χ4v) is 3.62. The van der Waals surface area contributed by atoms with Crippen molar-refractivity contribution in [2.45, 2.75) is 26.7 Å². The fraction of sp³-hybridized carbons (Fsp3) is 0.286. The highest BCUT2D eigenvalue weighted by molar-refractivity contribution is 5.89. The zero-order valence-electron chi connectivity index (χ0n) is 20.9. The number of nitrogens with one attached hydrogen (secondary N) is 4. The molecule has 192 valence electrons. The third kappa shape index (κ3) is 9.77. The molecule has 0 bridgehead atoms. The molecule has 0 aliphatic heterocycles. The molecule has 2 heterocycles. The summed E-state index contributed by atoms with van der Waals surface area (Å²) in [6, 6.07) is 16.9. The van der Waals surface area contributed by atoms with Crippen molar-refractivity contribution in [1.29, 1.82) is 0 Å². The summed E-state index contributed by atoms with van der Waals surface area (Å²) in [6.07, 6.45) is 7.53. The predicted molar refractivity (Wildman–Crippen MR) is 146 cm³/mol. The van der Waals surface area contributed by atoms with Gasteiger partial charge in [0.15, 0.2) is 0 Å². The van der Waals surface area contributed by atoms with Crippen molar-refractivity contribution in [1.82, 2.24) is 20.6 Å². The molecule has 6 N–H and O–H groups in total. The molecule has 4 rings (SSSR count). The van der Waals surface area contributed by atoms with E-state index in [9.17, 15) is 9.59 Å². The average molecular weight is 493 g/mol. The Bertz CT molecular complexity index is 1150. The van der Waals surface area contributed by atoms with Crippen LogP contribution in [0.4, 0.5) is 0 Å². The van der Waals surface area contributed by atoms with Gasteiger partial charge in [0.1, 0.15) is 0 Å². The number of carboxylic acid groups (broad SMARTS) is 2. The molecule has 0 aliphatic carbocycles. The average Bonchev–Trinajstić information content (AvgIpc) is 3.48. The number of fused-ring (bicyclic) bond motifs is 2. The molecule has 0 aliphatic rings. The van der Waals surface area contributed by atoms with Gasteiger partial charge >= 0.3 is 11.9 Å². The van der Waals surface area contributed by atoms with Gasteiger partial charge in [-0.25, -0.2) is 9.59 Å². The van der Waals surface area contributed by atoms with Crippen molar-refractivity contribution in [2.24, 2.45) is 0 Å². The smallest absolute Gasteiger partial charge is 0.328 e. The Balaban J connectivity index is 0.000000199. The van der Waals surface area contributed by atoms with Crippen molar-refractivity contribution in [3.05, 3.63) is 84.2 Å². The van der Waals surface area contributed by atoms with E-state index in [2.05, 4.69) is 95.4 Å². The summed E-state index contributed by atoms with van der Waals surface area (Å²) in [5.41, 5.74) is 5.28. The van der Waals surface area contributed by atoms with Gasteiger partial charge in [0.25, 0.3) is 0 Å². The number of hydrogen-bond donors (Lipinski definition) is 6. The molecule has 0 unspecified atom stereocenters. The topological polar surface area (TPSA) is 130 Å². The summed E-state index contributed by atoms with van der Waals surface area (Å²) in [5.74, 6) is -2.51. The molecule has 36 heavy (non-hydrogen) atoms. The number of aliphatic carboxylic acids is 2. The van der Waals surface area contributed by atoms with E-state index in [0.717, 1.165) is 39.0 Å². The predicted octanol–water partition coefficient (Wildman–Crippen LogP) is 4.35. The number of carboxylic acids is 2. The number of para-hydroxylation sites is 2. The van der Waals surface area contributed by atoms with Gasteiger partial charge in [-0.2, -0.15) is 0 Å². The number of aromatic amines is 2. The molecule has 0 radical (unpaired) electrons. The van der Waals surface area contributed by atoms with Crippen LogP contribution >= 0.6 is 0 Å². The zero-order chi connectivity index (χ0) is 26.2. The minimum absolute atomic E-state index is 0.558. The minimum Gasteiger partial charge on any atom is -0.478 e. The lowest BCUT2D eigenvalue weighted by atomic mass is 10.1. The molecule has 2 aromatic heterocycles. The monoisotopic (exact) mass is 492 g/mol. The van der Waals surface area contributed by atoms with E-state index in [0.29, 0.717) is 12.2 Å². The largest absolute Gasteiger partial charge is 0.478 e. The molecular weight excluding hydrogens is 456 g/mol. The van der Waals surface area contributed by atoms with Crippen LogP contribution in [0.15, 0.2) is 73.1 Å².